The van der Waals surface area contributed by atoms with E-state index in [1.807, 2.05) is 78.9 Å². The van der Waals surface area contributed by atoms with Crippen LogP contribution in [0.2, 0.25) is 0 Å². The van der Waals surface area contributed by atoms with Crippen LogP contribution in [0, 0.1) is 6.92 Å². The molecule has 0 amide bonds. The van der Waals surface area contributed by atoms with E-state index in [1.165, 1.54) is 11.1 Å². The molecule has 0 saturated heterocycles. The lowest BCUT2D eigenvalue weighted by molar-refractivity contribution is 0.669. The monoisotopic (exact) mass is 489 g/mol. The summed E-state index contributed by atoms with van der Waals surface area (Å²) < 4.78 is 6.28. The molecule has 0 bridgehead atoms. The molecular weight excluding hydrogens is 466 g/mol. The number of furan rings is 1. The summed E-state index contributed by atoms with van der Waals surface area (Å²) in [5.74, 6) is 1.89. The van der Waals surface area contributed by atoms with Gasteiger partial charge in [-0.2, -0.15) is 0 Å². The van der Waals surface area contributed by atoms with Gasteiger partial charge in [0.25, 0.3) is 0 Å². The molecule has 2 aromatic heterocycles. The van der Waals surface area contributed by atoms with Crippen molar-refractivity contribution in [1.82, 2.24) is 15.0 Å². The lowest BCUT2D eigenvalue weighted by atomic mass is 10.00. The van der Waals surface area contributed by atoms with E-state index in [1.54, 1.807) is 0 Å². The Balaban J connectivity index is 1.48. The summed E-state index contributed by atoms with van der Waals surface area (Å²) in [6.45, 7) is 2.10. The van der Waals surface area contributed by atoms with Gasteiger partial charge in [0.15, 0.2) is 17.5 Å². The fraction of sp³-hybridized carbons (Fsp3) is 0.0294. The SMILES string of the molecule is Cc1ccc(-c2ccc3oc4cccc(-c5nc(-c6ccccc6)nc(-c6ccccc6)n5)c4c3c2)cc1. The summed E-state index contributed by atoms with van der Waals surface area (Å²) in [5.41, 5.74) is 8.00. The van der Waals surface area contributed by atoms with Gasteiger partial charge in [-0.1, -0.05) is 109 Å². The molecule has 2 heterocycles. The van der Waals surface area contributed by atoms with Crippen LogP contribution < -0.4 is 0 Å². The van der Waals surface area contributed by atoms with Gasteiger partial charge in [-0.05, 0) is 36.2 Å². The van der Waals surface area contributed by atoms with Gasteiger partial charge in [-0.25, -0.2) is 15.0 Å². The van der Waals surface area contributed by atoms with Crippen molar-refractivity contribution in [1.29, 1.82) is 0 Å². The Morgan fingerprint density at radius 2 is 1.08 bits per heavy atom. The molecule has 0 atom stereocenters. The Morgan fingerprint density at radius 1 is 0.474 bits per heavy atom. The molecule has 7 rings (SSSR count). The zero-order chi connectivity index (χ0) is 25.5. The van der Waals surface area contributed by atoms with Crippen molar-refractivity contribution in [3.63, 3.8) is 0 Å². The molecule has 0 saturated carbocycles. The van der Waals surface area contributed by atoms with Crippen molar-refractivity contribution in [3.05, 3.63) is 127 Å². The molecule has 38 heavy (non-hydrogen) atoms. The molecule has 180 valence electrons. The molecule has 0 fully saturated rings. The van der Waals surface area contributed by atoms with Gasteiger partial charge < -0.3 is 4.42 Å². The Hall–Kier alpha value is -5.09. The Kier molecular flexibility index (Phi) is 5.30. The first-order chi connectivity index (χ1) is 18.7. The average Bonchev–Trinajstić information content (AvgIpc) is 3.36. The molecule has 7 aromatic rings. The van der Waals surface area contributed by atoms with Gasteiger partial charge in [-0.3, -0.25) is 0 Å². The van der Waals surface area contributed by atoms with Crippen molar-refractivity contribution in [2.75, 3.05) is 0 Å². The van der Waals surface area contributed by atoms with Gasteiger partial charge in [0.1, 0.15) is 11.2 Å². The highest BCUT2D eigenvalue weighted by Gasteiger charge is 2.18. The van der Waals surface area contributed by atoms with Crippen LogP contribution in [-0.2, 0) is 0 Å². The first-order valence-corrected chi connectivity index (χ1v) is 12.6. The first-order valence-electron chi connectivity index (χ1n) is 12.6. The number of nitrogens with zero attached hydrogens (tertiary/aromatic N) is 3. The normalized spacial score (nSPS) is 11.3. The van der Waals surface area contributed by atoms with Gasteiger partial charge in [0.05, 0.1) is 0 Å². The summed E-state index contributed by atoms with van der Waals surface area (Å²) in [6, 6.07) is 41.1. The molecule has 0 radical (unpaired) electrons. The molecule has 4 nitrogen and oxygen atoms in total. The van der Waals surface area contributed by atoms with E-state index in [4.69, 9.17) is 19.4 Å². The van der Waals surface area contributed by atoms with E-state index in [2.05, 4.69) is 49.4 Å². The third kappa shape index (κ3) is 3.93. The van der Waals surface area contributed by atoms with Crippen LogP contribution in [0.1, 0.15) is 5.56 Å². The minimum absolute atomic E-state index is 0.617. The third-order valence-electron chi connectivity index (χ3n) is 6.82. The predicted octanol–water partition coefficient (Wildman–Crippen LogP) is 8.75. The van der Waals surface area contributed by atoms with Crippen LogP contribution in [0.15, 0.2) is 126 Å². The van der Waals surface area contributed by atoms with Crippen molar-refractivity contribution in [2.24, 2.45) is 0 Å². The van der Waals surface area contributed by atoms with Gasteiger partial charge in [0.2, 0.25) is 0 Å². The maximum atomic E-state index is 6.28. The predicted molar refractivity (Wildman–Crippen MR) is 154 cm³/mol. The fourth-order valence-electron chi connectivity index (χ4n) is 4.87. The molecular formula is C34H23N3O. The summed E-state index contributed by atoms with van der Waals surface area (Å²) in [6.07, 6.45) is 0. The maximum absolute atomic E-state index is 6.28. The molecule has 5 aromatic carbocycles. The zero-order valence-electron chi connectivity index (χ0n) is 20.8. The van der Waals surface area contributed by atoms with E-state index in [0.717, 1.165) is 44.2 Å². The number of aryl methyl sites for hydroxylation is 1. The summed E-state index contributed by atoms with van der Waals surface area (Å²) in [7, 11) is 0. The number of aromatic nitrogens is 3. The summed E-state index contributed by atoms with van der Waals surface area (Å²) in [5, 5.41) is 2.04. The lowest BCUT2D eigenvalue weighted by Gasteiger charge is -2.09. The highest BCUT2D eigenvalue weighted by atomic mass is 16.3. The lowest BCUT2D eigenvalue weighted by Crippen LogP contribution is -2.00. The highest BCUT2D eigenvalue weighted by molar-refractivity contribution is 6.12. The van der Waals surface area contributed by atoms with Crippen LogP contribution in [-0.4, -0.2) is 15.0 Å². The second kappa shape index (κ2) is 9.09. The van der Waals surface area contributed by atoms with Crippen LogP contribution in [0.3, 0.4) is 0 Å². The van der Waals surface area contributed by atoms with Crippen molar-refractivity contribution in [2.45, 2.75) is 6.92 Å². The van der Waals surface area contributed by atoms with Crippen molar-refractivity contribution >= 4 is 21.9 Å². The fourth-order valence-corrected chi connectivity index (χ4v) is 4.87. The van der Waals surface area contributed by atoms with Gasteiger partial charge in [0, 0.05) is 27.5 Å². The molecule has 4 heteroatoms. The average molecular weight is 490 g/mol. The molecule has 0 aliphatic carbocycles. The minimum atomic E-state index is 0.617. The van der Waals surface area contributed by atoms with Crippen LogP contribution >= 0.6 is 0 Å². The van der Waals surface area contributed by atoms with E-state index in [9.17, 15) is 0 Å². The molecule has 0 aliphatic heterocycles. The summed E-state index contributed by atoms with van der Waals surface area (Å²) in [4.78, 5) is 14.8. The smallest absolute Gasteiger partial charge is 0.164 e. The topological polar surface area (TPSA) is 51.8 Å². The second-order valence-electron chi connectivity index (χ2n) is 9.40. The van der Waals surface area contributed by atoms with E-state index in [0.29, 0.717) is 17.5 Å². The van der Waals surface area contributed by atoms with Gasteiger partial charge in [-0.15, -0.1) is 0 Å². The molecule has 0 N–H and O–H groups in total. The van der Waals surface area contributed by atoms with E-state index < -0.39 is 0 Å². The summed E-state index contributed by atoms with van der Waals surface area (Å²) >= 11 is 0. The van der Waals surface area contributed by atoms with E-state index >= 15 is 0 Å². The number of rotatable bonds is 4. The number of benzene rings is 5. The van der Waals surface area contributed by atoms with Crippen LogP contribution in [0.5, 0.6) is 0 Å². The van der Waals surface area contributed by atoms with E-state index in [-0.39, 0.29) is 0 Å². The first kappa shape index (κ1) is 22.1. The molecule has 0 spiro atoms. The number of fused-ring (bicyclic) bond motifs is 3. The third-order valence-corrected chi connectivity index (χ3v) is 6.82. The maximum Gasteiger partial charge on any atom is 0.164 e. The van der Waals surface area contributed by atoms with Crippen molar-refractivity contribution in [3.8, 4) is 45.3 Å². The quantitative estimate of drug-likeness (QED) is 0.248. The molecule has 0 unspecified atom stereocenters. The highest BCUT2D eigenvalue weighted by Crippen LogP contribution is 2.38. The zero-order valence-corrected chi connectivity index (χ0v) is 20.8. The Bertz CT molecular complexity index is 1850. The standard InChI is InChI=1S/C34H23N3O/c1-22-15-17-23(18-16-22)26-19-20-29-28(21-26)31-27(13-8-14-30(31)38-29)34-36-32(24-9-4-2-5-10-24)35-33(37-34)25-11-6-3-7-12-25/h2-21H,1H3. The largest absolute Gasteiger partial charge is 0.456 e. The van der Waals surface area contributed by atoms with Crippen LogP contribution in [0.25, 0.3) is 67.2 Å². The van der Waals surface area contributed by atoms with Crippen LogP contribution in [0.4, 0.5) is 0 Å². The van der Waals surface area contributed by atoms with Crippen molar-refractivity contribution < 1.29 is 4.42 Å². The van der Waals surface area contributed by atoms with Gasteiger partial charge >= 0.3 is 0 Å². The Labute approximate surface area is 220 Å². The number of hydrogen-bond donors (Lipinski definition) is 0. The molecule has 0 aliphatic rings. The Morgan fingerprint density at radius 3 is 1.74 bits per heavy atom. The minimum Gasteiger partial charge on any atom is -0.456 e. The second-order valence-corrected chi connectivity index (χ2v) is 9.40. The number of hydrogen-bond acceptors (Lipinski definition) is 4.